The van der Waals surface area contributed by atoms with Crippen LogP contribution < -0.4 is 5.32 Å². The molecule has 0 spiro atoms. The van der Waals surface area contributed by atoms with Crippen molar-refractivity contribution in [2.75, 3.05) is 0 Å². The second kappa shape index (κ2) is 7.20. The van der Waals surface area contributed by atoms with Crippen LogP contribution in [0.3, 0.4) is 0 Å². The molecule has 0 bridgehead atoms. The van der Waals surface area contributed by atoms with Crippen molar-refractivity contribution >= 4 is 16.8 Å². The molecule has 25 heavy (non-hydrogen) atoms. The molecule has 3 rings (SSSR count). The number of amides is 1. The monoisotopic (exact) mass is 342 g/mol. The first-order chi connectivity index (χ1) is 11.8. The number of benzene rings is 1. The summed E-state index contributed by atoms with van der Waals surface area (Å²) >= 11 is 0. The number of fused-ring (bicyclic) bond motifs is 1. The number of carbonyl (C=O) groups excluding carboxylic acids is 1. The van der Waals surface area contributed by atoms with E-state index in [4.69, 9.17) is 4.74 Å². The Bertz CT molecular complexity index is 763. The number of aryl methyl sites for hydroxylation is 2. The summed E-state index contributed by atoms with van der Waals surface area (Å²) in [4.78, 5) is 15.1. The van der Waals surface area contributed by atoms with E-state index in [2.05, 4.69) is 56.2 Å². The average molecular weight is 342 g/mol. The first-order valence-corrected chi connectivity index (χ1v) is 9.35. The largest absolute Gasteiger partial charge is 0.370 e. The van der Waals surface area contributed by atoms with Crippen LogP contribution in [-0.4, -0.2) is 23.0 Å². The van der Waals surface area contributed by atoms with E-state index in [0.717, 1.165) is 19.3 Å². The van der Waals surface area contributed by atoms with Gasteiger partial charge in [-0.25, -0.2) is 0 Å². The number of aromatic amines is 1. The van der Waals surface area contributed by atoms with Crippen molar-refractivity contribution in [3.05, 3.63) is 35.0 Å². The first-order valence-electron chi connectivity index (χ1n) is 9.35. The fourth-order valence-electron chi connectivity index (χ4n) is 4.07. The Balaban J connectivity index is 1.93. The van der Waals surface area contributed by atoms with E-state index in [1.807, 2.05) is 0 Å². The van der Waals surface area contributed by atoms with Crippen molar-refractivity contribution in [1.29, 1.82) is 0 Å². The van der Waals surface area contributed by atoms with Crippen molar-refractivity contribution < 1.29 is 9.53 Å². The highest BCUT2D eigenvalue weighted by Crippen LogP contribution is 2.37. The highest BCUT2D eigenvalue weighted by molar-refractivity contribution is 5.87. The molecule has 1 aliphatic rings. The predicted molar refractivity (Wildman–Crippen MR) is 102 cm³/mol. The van der Waals surface area contributed by atoms with Crippen LogP contribution in [0, 0.1) is 19.8 Å². The molecule has 1 aliphatic heterocycles. The van der Waals surface area contributed by atoms with Crippen molar-refractivity contribution in [2.24, 2.45) is 5.92 Å². The van der Waals surface area contributed by atoms with Crippen LogP contribution in [0.2, 0.25) is 0 Å². The van der Waals surface area contributed by atoms with Crippen molar-refractivity contribution in [1.82, 2.24) is 10.3 Å². The number of aromatic nitrogens is 1. The minimum absolute atomic E-state index is 0.00972. The Morgan fingerprint density at radius 3 is 2.76 bits per heavy atom. The molecule has 136 valence electrons. The topological polar surface area (TPSA) is 54.1 Å². The summed E-state index contributed by atoms with van der Waals surface area (Å²) in [5.41, 5.74) is 4.88. The van der Waals surface area contributed by atoms with E-state index in [1.165, 1.54) is 27.7 Å². The Morgan fingerprint density at radius 1 is 1.32 bits per heavy atom. The van der Waals surface area contributed by atoms with Crippen LogP contribution in [0.25, 0.3) is 10.9 Å². The van der Waals surface area contributed by atoms with Crippen LogP contribution in [0.15, 0.2) is 18.2 Å². The van der Waals surface area contributed by atoms with Gasteiger partial charge in [-0.05, 0) is 44.6 Å². The number of carbonyl (C=O) groups is 1. The molecule has 0 unspecified atom stereocenters. The molecule has 0 saturated carbocycles. The molecular weight excluding hydrogens is 312 g/mol. The fraction of sp³-hybridized carbons (Fsp3) is 0.571. The molecule has 1 fully saturated rings. The summed E-state index contributed by atoms with van der Waals surface area (Å²) < 4.78 is 6.48. The molecule has 1 amide bonds. The zero-order valence-electron chi connectivity index (χ0n) is 16.0. The van der Waals surface area contributed by atoms with Crippen molar-refractivity contribution in [3.63, 3.8) is 0 Å². The number of ether oxygens (including phenoxy) is 1. The molecule has 0 radical (unpaired) electrons. The van der Waals surface area contributed by atoms with Gasteiger partial charge in [-0.15, -0.1) is 0 Å². The maximum Gasteiger partial charge on any atom is 0.217 e. The highest BCUT2D eigenvalue weighted by atomic mass is 16.5. The van der Waals surface area contributed by atoms with Gasteiger partial charge in [0, 0.05) is 29.6 Å². The summed E-state index contributed by atoms with van der Waals surface area (Å²) in [5, 5.41) is 4.38. The molecule has 1 aromatic heterocycles. The lowest BCUT2D eigenvalue weighted by molar-refractivity contribution is -0.122. The van der Waals surface area contributed by atoms with Crippen LogP contribution in [0.5, 0.6) is 0 Å². The molecule has 2 heterocycles. The van der Waals surface area contributed by atoms with Gasteiger partial charge in [0.15, 0.2) is 0 Å². The van der Waals surface area contributed by atoms with Gasteiger partial charge in [-0.3, -0.25) is 4.79 Å². The lowest BCUT2D eigenvalue weighted by Gasteiger charge is -2.37. The first kappa shape index (κ1) is 18.0. The van der Waals surface area contributed by atoms with Crippen molar-refractivity contribution in [2.45, 2.75) is 72.1 Å². The minimum Gasteiger partial charge on any atom is -0.370 e. The lowest BCUT2D eigenvalue weighted by Crippen LogP contribution is -2.42. The molecule has 2 N–H and O–H groups in total. The maximum absolute atomic E-state index is 11.6. The molecule has 1 aromatic carbocycles. The quantitative estimate of drug-likeness (QED) is 0.856. The van der Waals surface area contributed by atoms with Gasteiger partial charge >= 0.3 is 0 Å². The van der Waals surface area contributed by atoms with Gasteiger partial charge in [0.25, 0.3) is 0 Å². The Hall–Kier alpha value is -1.81. The number of para-hydroxylation sites is 1. The van der Waals surface area contributed by atoms with E-state index in [0.29, 0.717) is 5.92 Å². The van der Waals surface area contributed by atoms with Gasteiger partial charge in [0.2, 0.25) is 5.91 Å². The molecule has 0 aliphatic carbocycles. The third-order valence-electron chi connectivity index (χ3n) is 5.27. The van der Waals surface area contributed by atoms with Gasteiger partial charge < -0.3 is 15.0 Å². The van der Waals surface area contributed by atoms with Crippen molar-refractivity contribution in [3.8, 4) is 0 Å². The van der Waals surface area contributed by atoms with E-state index in [-0.39, 0.29) is 24.2 Å². The van der Waals surface area contributed by atoms with Crippen LogP contribution >= 0.6 is 0 Å². The molecule has 3 atom stereocenters. The smallest absolute Gasteiger partial charge is 0.217 e. The third-order valence-corrected chi connectivity index (χ3v) is 5.27. The fourth-order valence-corrected chi connectivity index (χ4v) is 4.07. The molecule has 4 nitrogen and oxygen atoms in total. The molecule has 4 heteroatoms. The maximum atomic E-state index is 11.6. The summed E-state index contributed by atoms with van der Waals surface area (Å²) in [6.45, 7) is 10.3. The van der Waals surface area contributed by atoms with Crippen LogP contribution in [0.1, 0.15) is 63.0 Å². The third kappa shape index (κ3) is 3.90. The molecule has 2 aromatic rings. The van der Waals surface area contributed by atoms with Crippen LogP contribution in [-0.2, 0) is 9.53 Å². The molecule has 1 saturated heterocycles. The summed E-state index contributed by atoms with van der Waals surface area (Å²) in [5.74, 6) is 0.617. The number of H-pyrrole nitrogens is 1. The number of hydrogen-bond acceptors (Lipinski definition) is 2. The Morgan fingerprint density at radius 2 is 2.08 bits per heavy atom. The zero-order chi connectivity index (χ0) is 18.1. The van der Waals surface area contributed by atoms with Gasteiger partial charge in [0.05, 0.1) is 17.7 Å². The predicted octanol–water partition coefficient (Wildman–Crippen LogP) is 4.56. The second-order valence-corrected chi connectivity index (χ2v) is 7.89. The lowest BCUT2D eigenvalue weighted by atomic mass is 9.90. The van der Waals surface area contributed by atoms with Gasteiger partial charge in [0.1, 0.15) is 0 Å². The normalized spacial score (nSPS) is 24.0. The molecular formula is C21H30N2O2. The summed E-state index contributed by atoms with van der Waals surface area (Å²) in [6, 6.07) is 6.61. The van der Waals surface area contributed by atoms with Crippen LogP contribution in [0.4, 0.5) is 0 Å². The number of nitrogens with one attached hydrogen (secondary N) is 2. The van der Waals surface area contributed by atoms with Gasteiger partial charge in [-0.2, -0.15) is 0 Å². The number of hydrogen-bond donors (Lipinski definition) is 2. The summed E-state index contributed by atoms with van der Waals surface area (Å²) in [7, 11) is 0. The van der Waals surface area contributed by atoms with E-state index in [1.54, 1.807) is 6.92 Å². The standard InChI is InChI=1S/C21H30N2O2/c1-12(2)9-17-10-16(23-15(5)24)11-20(25-17)19-8-6-7-18-13(3)14(4)22-21(18)19/h6-8,12,16-17,20,22H,9-11H2,1-5H3,(H,23,24)/t16-,17+,20+/m0/s1. The minimum atomic E-state index is 0.00972. The second-order valence-electron chi connectivity index (χ2n) is 7.89. The zero-order valence-corrected chi connectivity index (χ0v) is 16.0. The van der Waals surface area contributed by atoms with E-state index >= 15 is 0 Å². The SMILES string of the molecule is CC(=O)N[C@H]1C[C@@H](CC(C)C)O[C@@H](c2cccc3c(C)c(C)[nH]c23)C1. The Labute approximate surface area is 150 Å². The number of rotatable bonds is 4. The summed E-state index contributed by atoms with van der Waals surface area (Å²) in [6.07, 6.45) is 2.93. The average Bonchev–Trinajstić information content (AvgIpc) is 2.81. The highest BCUT2D eigenvalue weighted by Gasteiger charge is 2.32. The van der Waals surface area contributed by atoms with Gasteiger partial charge in [-0.1, -0.05) is 32.0 Å². The van der Waals surface area contributed by atoms with E-state index < -0.39 is 0 Å². The Kier molecular flexibility index (Phi) is 5.19. The van der Waals surface area contributed by atoms with E-state index in [9.17, 15) is 4.79 Å².